The Balaban J connectivity index is 2.14. The molecule has 0 radical (unpaired) electrons. The van der Waals surface area contributed by atoms with Gasteiger partial charge in [0.25, 0.3) is 0 Å². The predicted molar refractivity (Wildman–Crippen MR) is 90.4 cm³/mol. The minimum Gasteiger partial charge on any atom is -0.496 e. The maximum atomic E-state index is 7.59. The minimum absolute atomic E-state index is 0.103. The molecule has 0 aromatic heterocycles. The summed E-state index contributed by atoms with van der Waals surface area (Å²) in [4.78, 5) is 2.46. The first-order valence-corrected chi connectivity index (χ1v) is 8.27. The van der Waals surface area contributed by atoms with E-state index in [2.05, 4.69) is 18.7 Å². The topological polar surface area (TPSA) is 62.3 Å². The molecular formula is C16H25N3OS. The molecule has 1 aromatic carbocycles. The average Bonchev–Trinajstić information content (AvgIpc) is 2.60. The van der Waals surface area contributed by atoms with Gasteiger partial charge in [0.05, 0.1) is 7.11 Å². The lowest BCUT2D eigenvalue weighted by Gasteiger charge is -2.23. The van der Waals surface area contributed by atoms with E-state index in [0.717, 1.165) is 42.3 Å². The minimum atomic E-state index is 0.103. The third-order valence-corrected chi connectivity index (χ3v) is 5.29. The van der Waals surface area contributed by atoms with E-state index in [1.165, 1.54) is 6.42 Å². The quantitative estimate of drug-likeness (QED) is 0.663. The summed E-state index contributed by atoms with van der Waals surface area (Å²) in [6.07, 6.45) is 1.19. The fourth-order valence-corrected chi connectivity index (χ4v) is 3.67. The highest BCUT2D eigenvalue weighted by atomic mass is 32.2. The molecule has 0 atom stereocenters. The van der Waals surface area contributed by atoms with Crippen molar-refractivity contribution in [2.75, 3.05) is 26.0 Å². The molecule has 21 heavy (non-hydrogen) atoms. The number of hydrogen-bond acceptors (Lipinski definition) is 4. The monoisotopic (exact) mass is 307 g/mol. The summed E-state index contributed by atoms with van der Waals surface area (Å²) < 4.78 is 5.81. The molecule has 2 rings (SSSR count). The molecule has 1 fully saturated rings. The Hall–Kier alpha value is -1.20. The first-order chi connectivity index (χ1) is 9.91. The van der Waals surface area contributed by atoms with Crippen LogP contribution < -0.4 is 10.5 Å². The van der Waals surface area contributed by atoms with Crippen molar-refractivity contribution in [3.05, 3.63) is 29.3 Å². The van der Waals surface area contributed by atoms with Gasteiger partial charge >= 0.3 is 0 Å². The van der Waals surface area contributed by atoms with Gasteiger partial charge in [0.1, 0.15) is 11.6 Å². The van der Waals surface area contributed by atoms with E-state index in [1.807, 2.05) is 30.0 Å². The van der Waals surface area contributed by atoms with Crippen molar-refractivity contribution in [2.24, 2.45) is 5.73 Å². The molecule has 0 saturated carbocycles. The number of methoxy groups -OCH3 is 1. The zero-order valence-corrected chi connectivity index (χ0v) is 13.9. The Morgan fingerprint density at radius 3 is 2.86 bits per heavy atom. The molecule has 1 aliphatic heterocycles. The van der Waals surface area contributed by atoms with Gasteiger partial charge in [-0.1, -0.05) is 13.8 Å². The van der Waals surface area contributed by atoms with Gasteiger partial charge in [-0.15, -0.1) is 0 Å². The fraction of sp³-hybridized carbons (Fsp3) is 0.562. The van der Waals surface area contributed by atoms with Crippen molar-refractivity contribution in [1.29, 1.82) is 5.41 Å². The normalized spacial score (nSPS) is 19.0. The van der Waals surface area contributed by atoms with Crippen molar-refractivity contribution in [3.8, 4) is 5.75 Å². The summed E-state index contributed by atoms with van der Waals surface area (Å²) in [5.74, 6) is 2.13. The Bertz CT molecular complexity index is 516. The number of rotatable bonds is 4. The Kier molecular flexibility index (Phi) is 5.17. The van der Waals surface area contributed by atoms with Gasteiger partial charge in [-0.05, 0) is 31.2 Å². The van der Waals surface area contributed by atoms with Crippen LogP contribution in [0, 0.1) is 5.41 Å². The Labute approximate surface area is 131 Å². The number of amidine groups is 1. The van der Waals surface area contributed by atoms with Crippen LogP contribution in [0.25, 0.3) is 0 Å². The van der Waals surface area contributed by atoms with Gasteiger partial charge in [0.15, 0.2) is 0 Å². The van der Waals surface area contributed by atoms with E-state index in [0.29, 0.717) is 4.75 Å². The SMILES string of the molecule is COc1ccc(C(=N)N)cc1CN1CCSC(C)(C)CC1. The molecular weight excluding hydrogens is 282 g/mol. The summed E-state index contributed by atoms with van der Waals surface area (Å²) in [5, 5.41) is 7.59. The van der Waals surface area contributed by atoms with Crippen LogP contribution in [-0.4, -0.2) is 41.4 Å². The smallest absolute Gasteiger partial charge is 0.123 e. The van der Waals surface area contributed by atoms with Crippen LogP contribution in [0.2, 0.25) is 0 Å². The van der Waals surface area contributed by atoms with E-state index in [-0.39, 0.29) is 5.84 Å². The lowest BCUT2D eigenvalue weighted by Crippen LogP contribution is -2.27. The van der Waals surface area contributed by atoms with Crippen molar-refractivity contribution in [2.45, 2.75) is 31.6 Å². The van der Waals surface area contributed by atoms with E-state index >= 15 is 0 Å². The second-order valence-electron chi connectivity index (χ2n) is 6.07. The number of nitrogen functional groups attached to an aromatic ring is 1. The highest BCUT2D eigenvalue weighted by molar-refractivity contribution is 8.00. The summed E-state index contributed by atoms with van der Waals surface area (Å²) >= 11 is 2.05. The zero-order chi connectivity index (χ0) is 15.5. The maximum Gasteiger partial charge on any atom is 0.123 e. The molecule has 1 heterocycles. The fourth-order valence-electron chi connectivity index (χ4n) is 2.53. The molecule has 4 nitrogen and oxygen atoms in total. The molecule has 0 amide bonds. The first-order valence-electron chi connectivity index (χ1n) is 7.29. The Morgan fingerprint density at radius 1 is 1.43 bits per heavy atom. The van der Waals surface area contributed by atoms with Crippen LogP contribution in [0.3, 0.4) is 0 Å². The molecule has 1 saturated heterocycles. The van der Waals surface area contributed by atoms with Gasteiger partial charge in [-0.25, -0.2) is 0 Å². The number of nitrogens with one attached hydrogen (secondary N) is 1. The van der Waals surface area contributed by atoms with Gasteiger partial charge in [0.2, 0.25) is 0 Å². The largest absolute Gasteiger partial charge is 0.496 e. The van der Waals surface area contributed by atoms with Crippen LogP contribution in [0.15, 0.2) is 18.2 Å². The number of nitrogens with zero attached hydrogens (tertiary/aromatic N) is 1. The molecule has 0 aliphatic carbocycles. The summed E-state index contributed by atoms with van der Waals surface area (Å²) in [5.41, 5.74) is 7.46. The van der Waals surface area contributed by atoms with Crippen LogP contribution >= 0.6 is 11.8 Å². The molecule has 3 N–H and O–H groups in total. The van der Waals surface area contributed by atoms with Crippen LogP contribution in [0.4, 0.5) is 0 Å². The zero-order valence-electron chi connectivity index (χ0n) is 13.1. The van der Waals surface area contributed by atoms with Gasteiger partial charge in [0, 0.05) is 34.7 Å². The standard InChI is InChI=1S/C16H25N3OS/c1-16(2)6-7-19(8-9-21-16)11-13-10-12(15(17)18)4-5-14(13)20-3/h4-5,10H,6-9,11H2,1-3H3,(H3,17,18). The second kappa shape index (κ2) is 6.71. The summed E-state index contributed by atoms with van der Waals surface area (Å²) in [6, 6.07) is 5.72. The molecule has 116 valence electrons. The summed E-state index contributed by atoms with van der Waals surface area (Å²) in [7, 11) is 1.69. The average molecular weight is 307 g/mol. The van der Waals surface area contributed by atoms with E-state index in [9.17, 15) is 0 Å². The lowest BCUT2D eigenvalue weighted by atomic mass is 10.1. The molecule has 5 heteroatoms. The van der Waals surface area contributed by atoms with E-state index < -0.39 is 0 Å². The molecule has 1 aliphatic rings. The third-order valence-electron chi connectivity index (χ3n) is 3.92. The number of nitrogens with two attached hydrogens (primary N) is 1. The van der Waals surface area contributed by atoms with Crippen LogP contribution in [-0.2, 0) is 6.54 Å². The van der Waals surface area contributed by atoms with Crippen molar-refractivity contribution >= 4 is 17.6 Å². The van der Waals surface area contributed by atoms with Crippen LogP contribution in [0.5, 0.6) is 5.75 Å². The maximum absolute atomic E-state index is 7.59. The van der Waals surface area contributed by atoms with Gasteiger partial charge in [-0.3, -0.25) is 10.3 Å². The Morgan fingerprint density at radius 2 is 2.19 bits per heavy atom. The molecule has 0 spiro atoms. The van der Waals surface area contributed by atoms with Crippen molar-refractivity contribution in [1.82, 2.24) is 4.90 Å². The number of thioether (sulfide) groups is 1. The lowest BCUT2D eigenvalue weighted by molar-refractivity contribution is 0.271. The van der Waals surface area contributed by atoms with Crippen molar-refractivity contribution in [3.63, 3.8) is 0 Å². The first kappa shape index (κ1) is 16.2. The molecule has 0 bridgehead atoms. The molecule has 1 aromatic rings. The summed E-state index contributed by atoms with van der Waals surface area (Å²) in [6.45, 7) is 7.66. The highest BCUT2D eigenvalue weighted by Gasteiger charge is 2.24. The second-order valence-corrected chi connectivity index (χ2v) is 7.88. The number of benzene rings is 1. The number of ether oxygens (including phenoxy) is 1. The van der Waals surface area contributed by atoms with E-state index in [1.54, 1.807) is 7.11 Å². The molecule has 0 unspecified atom stereocenters. The van der Waals surface area contributed by atoms with Crippen LogP contribution in [0.1, 0.15) is 31.4 Å². The highest BCUT2D eigenvalue weighted by Crippen LogP contribution is 2.31. The predicted octanol–water partition coefficient (Wildman–Crippen LogP) is 2.70. The third kappa shape index (κ3) is 4.38. The van der Waals surface area contributed by atoms with Gasteiger partial charge in [-0.2, -0.15) is 11.8 Å². The number of hydrogen-bond donors (Lipinski definition) is 2. The van der Waals surface area contributed by atoms with E-state index in [4.69, 9.17) is 15.9 Å². The van der Waals surface area contributed by atoms with Crippen molar-refractivity contribution < 1.29 is 4.74 Å². The van der Waals surface area contributed by atoms with Gasteiger partial charge < -0.3 is 10.5 Å².